The summed E-state index contributed by atoms with van der Waals surface area (Å²) in [6.07, 6.45) is 1.49. The van der Waals surface area contributed by atoms with E-state index in [1.165, 1.54) is 30.5 Å². The van der Waals surface area contributed by atoms with Crippen LogP contribution in [0.5, 0.6) is 5.75 Å². The third-order valence-corrected chi connectivity index (χ3v) is 6.13. The van der Waals surface area contributed by atoms with E-state index in [4.69, 9.17) is 4.74 Å². The Morgan fingerprint density at radius 3 is 2.06 bits per heavy atom. The third kappa shape index (κ3) is 5.16. The minimum absolute atomic E-state index is 0.0489. The van der Waals surface area contributed by atoms with Gasteiger partial charge in [0.15, 0.2) is 5.75 Å². The lowest BCUT2D eigenvalue weighted by atomic mass is 9.96. The van der Waals surface area contributed by atoms with Crippen molar-refractivity contribution in [2.45, 2.75) is 19.2 Å². The molecule has 1 aliphatic heterocycles. The number of carbonyl (C=O) groups is 1. The molecule has 0 saturated carbocycles. The van der Waals surface area contributed by atoms with Gasteiger partial charge in [-0.15, -0.1) is 0 Å². The lowest BCUT2D eigenvalue weighted by Gasteiger charge is -2.40. The van der Waals surface area contributed by atoms with Crippen molar-refractivity contribution in [3.8, 4) is 5.75 Å². The molecular weight excluding hydrogens is 418 g/mol. The summed E-state index contributed by atoms with van der Waals surface area (Å²) in [6, 6.07) is 22.3. The smallest absolute Gasteiger partial charge is 0.242 e. The molecule has 2 heterocycles. The number of rotatable bonds is 7. The van der Waals surface area contributed by atoms with E-state index in [1.807, 2.05) is 17.0 Å². The van der Waals surface area contributed by atoms with Crippen LogP contribution in [0.2, 0.25) is 0 Å². The fourth-order valence-electron chi connectivity index (χ4n) is 4.39. The van der Waals surface area contributed by atoms with E-state index in [0.717, 1.165) is 13.1 Å². The quantitative estimate of drug-likeness (QED) is 0.602. The molecule has 1 saturated heterocycles. The van der Waals surface area contributed by atoms with Gasteiger partial charge >= 0.3 is 0 Å². The van der Waals surface area contributed by atoms with Crippen LogP contribution in [0, 0.1) is 0 Å². The van der Waals surface area contributed by atoms with E-state index in [-0.39, 0.29) is 36.3 Å². The Hall–Kier alpha value is -3.42. The van der Waals surface area contributed by atoms with Gasteiger partial charge < -0.3 is 19.3 Å². The molecule has 1 aromatic heterocycles. The molecule has 2 aromatic carbocycles. The van der Waals surface area contributed by atoms with E-state index in [1.54, 1.807) is 4.57 Å². The monoisotopic (exact) mass is 447 g/mol. The first-order valence-electron chi connectivity index (χ1n) is 11.1. The largest absolute Gasteiger partial charge is 0.491 e. The Labute approximate surface area is 193 Å². The van der Waals surface area contributed by atoms with Crippen LogP contribution in [0.15, 0.2) is 77.7 Å². The van der Waals surface area contributed by atoms with Crippen LogP contribution < -0.4 is 10.2 Å². The summed E-state index contributed by atoms with van der Waals surface area (Å²) in [5, 5.41) is 9.61. The average molecular weight is 448 g/mol. The second kappa shape index (κ2) is 10.5. The van der Waals surface area contributed by atoms with Crippen molar-refractivity contribution >= 4 is 5.91 Å². The highest BCUT2D eigenvalue weighted by atomic mass is 16.5. The zero-order valence-corrected chi connectivity index (χ0v) is 18.8. The Morgan fingerprint density at radius 2 is 1.55 bits per heavy atom. The fourth-order valence-corrected chi connectivity index (χ4v) is 4.39. The van der Waals surface area contributed by atoms with E-state index in [0.29, 0.717) is 18.8 Å². The molecule has 0 aliphatic carbocycles. The van der Waals surface area contributed by atoms with E-state index >= 15 is 0 Å². The first-order valence-corrected chi connectivity index (χ1v) is 11.1. The van der Waals surface area contributed by atoms with Gasteiger partial charge in [-0.25, -0.2) is 0 Å². The number of amides is 1. The number of aliphatic hydroxyl groups is 1. The first-order chi connectivity index (χ1) is 16.1. The number of hydrogen-bond donors (Lipinski definition) is 1. The Kier molecular flexibility index (Phi) is 7.22. The molecule has 7 heteroatoms. The molecule has 0 bridgehead atoms. The van der Waals surface area contributed by atoms with Crippen molar-refractivity contribution in [3.63, 3.8) is 0 Å². The van der Waals surface area contributed by atoms with Gasteiger partial charge in [0, 0.05) is 37.9 Å². The Bertz CT molecular complexity index is 1080. The zero-order chi connectivity index (χ0) is 23.2. The number of benzene rings is 2. The molecule has 0 spiro atoms. The number of aliphatic hydroxyl groups excluding tert-OH is 1. The number of carbonyl (C=O) groups excluding carboxylic acids is 1. The molecule has 1 N–H and O–H groups in total. The minimum atomic E-state index is -0.323. The second-order valence-corrected chi connectivity index (χ2v) is 8.12. The topological polar surface area (TPSA) is 75.0 Å². The SMILES string of the molecule is COc1cn(CC(=O)N2CCN(C(c3ccccc3)c3ccccc3)CC2)c(CO)cc1=O. The number of aromatic nitrogens is 1. The molecule has 0 unspecified atom stereocenters. The molecule has 4 rings (SSSR count). The van der Waals surface area contributed by atoms with Gasteiger partial charge in [0.05, 0.1) is 26.0 Å². The van der Waals surface area contributed by atoms with Crippen LogP contribution in [-0.4, -0.2) is 58.7 Å². The van der Waals surface area contributed by atoms with Crippen LogP contribution in [0.1, 0.15) is 22.9 Å². The lowest BCUT2D eigenvalue weighted by Crippen LogP contribution is -2.50. The van der Waals surface area contributed by atoms with Crippen LogP contribution in [0.25, 0.3) is 0 Å². The number of methoxy groups -OCH3 is 1. The van der Waals surface area contributed by atoms with Gasteiger partial charge in [-0.05, 0) is 11.1 Å². The first kappa shape index (κ1) is 22.8. The van der Waals surface area contributed by atoms with E-state index < -0.39 is 0 Å². The Morgan fingerprint density at radius 1 is 0.970 bits per heavy atom. The number of nitrogens with zero attached hydrogens (tertiary/aromatic N) is 3. The molecule has 0 atom stereocenters. The molecule has 0 radical (unpaired) electrons. The maximum atomic E-state index is 13.0. The van der Waals surface area contributed by atoms with Gasteiger partial charge in [-0.2, -0.15) is 0 Å². The number of ether oxygens (including phenoxy) is 1. The molecule has 1 aliphatic rings. The normalized spacial score (nSPS) is 14.5. The fraction of sp³-hybridized carbons (Fsp3) is 0.308. The Balaban J connectivity index is 1.47. The van der Waals surface area contributed by atoms with E-state index in [2.05, 4.69) is 53.4 Å². The van der Waals surface area contributed by atoms with Crippen molar-refractivity contribution in [2.75, 3.05) is 33.3 Å². The predicted octanol–water partition coefficient (Wildman–Crippen LogP) is 2.28. The van der Waals surface area contributed by atoms with Crippen molar-refractivity contribution < 1.29 is 14.6 Å². The summed E-state index contributed by atoms with van der Waals surface area (Å²) in [7, 11) is 1.41. The second-order valence-electron chi connectivity index (χ2n) is 8.12. The highest BCUT2D eigenvalue weighted by molar-refractivity contribution is 5.76. The highest BCUT2D eigenvalue weighted by Gasteiger charge is 2.28. The molecule has 3 aromatic rings. The van der Waals surface area contributed by atoms with Gasteiger partial charge in [0.2, 0.25) is 11.3 Å². The minimum Gasteiger partial charge on any atom is -0.491 e. The van der Waals surface area contributed by atoms with Crippen molar-refractivity contribution in [1.82, 2.24) is 14.4 Å². The maximum Gasteiger partial charge on any atom is 0.242 e. The zero-order valence-electron chi connectivity index (χ0n) is 18.8. The van der Waals surface area contributed by atoms with Gasteiger partial charge in [-0.1, -0.05) is 60.7 Å². The van der Waals surface area contributed by atoms with Crippen LogP contribution in [0.4, 0.5) is 0 Å². The highest BCUT2D eigenvalue weighted by Crippen LogP contribution is 2.29. The van der Waals surface area contributed by atoms with Crippen LogP contribution in [-0.2, 0) is 17.9 Å². The van der Waals surface area contributed by atoms with Gasteiger partial charge in [0.1, 0.15) is 6.54 Å². The molecular formula is C26H29N3O4. The summed E-state index contributed by atoms with van der Waals surface area (Å²) >= 11 is 0. The molecule has 172 valence electrons. The van der Waals surface area contributed by atoms with Crippen LogP contribution >= 0.6 is 0 Å². The average Bonchev–Trinajstić information content (AvgIpc) is 2.86. The third-order valence-electron chi connectivity index (χ3n) is 6.13. The summed E-state index contributed by atoms with van der Waals surface area (Å²) in [5.41, 5.74) is 2.54. The van der Waals surface area contributed by atoms with Crippen molar-refractivity contribution in [2.24, 2.45) is 0 Å². The number of hydrogen-bond acceptors (Lipinski definition) is 5. The predicted molar refractivity (Wildman–Crippen MR) is 126 cm³/mol. The van der Waals surface area contributed by atoms with Crippen LogP contribution in [0.3, 0.4) is 0 Å². The molecule has 1 amide bonds. The molecule has 7 nitrogen and oxygen atoms in total. The lowest BCUT2D eigenvalue weighted by molar-refractivity contribution is -0.133. The summed E-state index contributed by atoms with van der Waals surface area (Å²) in [4.78, 5) is 29.2. The summed E-state index contributed by atoms with van der Waals surface area (Å²) in [5.74, 6) is 0.101. The molecule has 33 heavy (non-hydrogen) atoms. The van der Waals surface area contributed by atoms with Crippen molar-refractivity contribution in [1.29, 1.82) is 0 Å². The van der Waals surface area contributed by atoms with Crippen molar-refractivity contribution in [3.05, 3.63) is 100.0 Å². The standard InChI is InChI=1S/C26H29N3O4/c1-33-24-17-29(22(19-30)16-23(24)31)18-25(32)27-12-14-28(15-13-27)26(20-8-4-2-5-9-20)21-10-6-3-7-11-21/h2-11,16-17,26,30H,12-15,18-19H2,1H3. The maximum absolute atomic E-state index is 13.0. The number of pyridine rings is 1. The molecule has 1 fully saturated rings. The van der Waals surface area contributed by atoms with Gasteiger partial charge in [0.25, 0.3) is 0 Å². The summed E-state index contributed by atoms with van der Waals surface area (Å²) in [6.45, 7) is 2.45. The summed E-state index contributed by atoms with van der Waals surface area (Å²) < 4.78 is 6.68. The van der Waals surface area contributed by atoms with E-state index in [9.17, 15) is 14.7 Å². The van der Waals surface area contributed by atoms with Gasteiger partial charge in [-0.3, -0.25) is 14.5 Å². The number of piperazine rings is 1.